The van der Waals surface area contributed by atoms with Gasteiger partial charge in [-0.1, -0.05) is 6.07 Å². The highest BCUT2D eigenvalue weighted by Gasteiger charge is 2.27. The maximum Gasteiger partial charge on any atom is 0.338 e. The van der Waals surface area contributed by atoms with Gasteiger partial charge < -0.3 is 9.47 Å². The number of rotatable bonds is 4. The second-order valence-electron chi connectivity index (χ2n) is 5.45. The average molecular weight is 327 g/mol. The summed E-state index contributed by atoms with van der Waals surface area (Å²) in [5.41, 5.74) is 0.967. The fraction of sp³-hybridized carbons (Fsp3) is 0.533. The first-order chi connectivity index (χ1) is 10.3. The van der Waals surface area contributed by atoms with Crippen molar-refractivity contribution in [1.82, 2.24) is 4.31 Å². The van der Waals surface area contributed by atoms with E-state index in [1.165, 1.54) is 16.4 Å². The molecular formula is C15H21NO5S. The van der Waals surface area contributed by atoms with Gasteiger partial charge in [0.1, 0.15) is 0 Å². The molecule has 0 aliphatic carbocycles. The molecule has 1 aliphatic heterocycles. The quantitative estimate of drug-likeness (QED) is 0.785. The van der Waals surface area contributed by atoms with Crippen molar-refractivity contribution in [3.05, 3.63) is 29.3 Å². The van der Waals surface area contributed by atoms with Crippen molar-refractivity contribution in [1.29, 1.82) is 0 Å². The van der Waals surface area contributed by atoms with E-state index in [1.807, 2.05) is 0 Å². The van der Waals surface area contributed by atoms with Gasteiger partial charge in [0.15, 0.2) is 0 Å². The van der Waals surface area contributed by atoms with Crippen molar-refractivity contribution in [3.8, 4) is 0 Å². The van der Waals surface area contributed by atoms with Crippen LogP contribution in [-0.2, 0) is 19.5 Å². The summed E-state index contributed by atoms with van der Waals surface area (Å²) in [7, 11) is -3.62. The lowest BCUT2D eigenvalue weighted by Gasteiger charge is -2.26. The largest absolute Gasteiger partial charge is 0.459 e. The zero-order valence-corrected chi connectivity index (χ0v) is 13.9. The Labute approximate surface area is 131 Å². The van der Waals surface area contributed by atoms with Gasteiger partial charge in [0.05, 0.1) is 29.8 Å². The summed E-state index contributed by atoms with van der Waals surface area (Å²) < 4.78 is 36.9. The molecule has 0 saturated carbocycles. The molecule has 1 heterocycles. The molecule has 1 aromatic rings. The lowest BCUT2D eigenvalue weighted by atomic mass is 10.1. The van der Waals surface area contributed by atoms with Crippen LogP contribution < -0.4 is 0 Å². The van der Waals surface area contributed by atoms with E-state index >= 15 is 0 Å². The predicted octanol–water partition coefficient (Wildman–Crippen LogP) is 1.58. The first-order valence-corrected chi connectivity index (χ1v) is 8.66. The van der Waals surface area contributed by atoms with Crippen LogP contribution >= 0.6 is 0 Å². The second kappa shape index (κ2) is 6.76. The van der Waals surface area contributed by atoms with Crippen LogP contribution in [0.3, 0.4) is 0 Å². The van der Waals surface area contributed by atoms with Crippen LogP contribution in [0.15, 0.2) is 23.1 Å². The molecule has 0 radical (unpaired) electrons. The predicted molar refractivity (Wildman–Crippen MR) is 81.3 cm³/mol. The van der Waals surface area contributed by atoms with Gasteiger partial charge in [0, 0.05) is 13.1 Å². The summed E-state index contributed by atoms with van der Waals surface area (Å²) >= 11 is 0. The smallest absolute Gasteiger partial charge is 0.338 e. The number of morpholine rings is 1. The van der Waals surface area contributed by atoms with Crippen LogP contribution in [0.5, 0.6) is 0 Å². The van der Waals surface area contributed by atoms with Crippen molar-refractivity contribution in [2.45, 2.75) is 31.8 Å². The minimum absolute atomic E-state index is 0.107. The molecule has 0 atom stereocenters. The monoisotopic (exact) mass is 327 g/mol. The Balaban J connectivity index is 2.34. The van der Waals surface area contributed by atoms with Gasteiger partial charge in [0.2, 0.25) is 10.0 Å². The van der Waals surface area contributed by atoms with E-state index in [2.05, 4.69) is 0 Å². The van der Waals surface area contributed by atoms with Crippen LogP contribution in [0.25, 0.3) is 0 Å². The maximum absolute atomic E-state index is 12.6. The van der Waals surface area contributed by atoms with Crippen LogP contribution in [0.4, 0.5) is 0 Å². The zero-order chi connectivity index (χ0) is 16.3. The highest BCUT2D eigenvalue weighted by molar-refractivity contribution is 7.89. The lowest BCUT2D eigenvalue weighted by Crippen LogP contribution is -2.40. The van der Waals surface area contributed by atoms with Gasteiger partial charge in [-0.25, -0.2) is 13.2 Å². The molecular weight excluding hydrogens is 306 g/mol. The van der Waals surface area contributed by atoms with E-state index in [-0.39, 0.29) is 16.6 Å². The number of carbonyl (C=O) groups is 1. The second-order valence-corrected chi connectivity index (χ2v) is 7.39. The molecule has 0 aromatic heterocycles. The normalized spacial score (nSPS) is 16.7. The van der Waals surface area contributed by atoms with E-state index in [9.17, 15) is 13.2 Å². The van der Waals surface area contributed by atoms with Crippen molar-refractivity contribution >= 4 is 16.0 Å². The van der Waals surface area contributed by atoms with Crippen molar-refractivity contribution < 1.29 is 22.7 Å². The Bertz CT molecular complexity index is 648. The number of esters is 1. The Morgan fingerprint density at radius 1 is 1.27 bits per heavy atom. The van der Waals surface area contributed by atoms with Gasteiger partial charge in [0.25, 0.3) is 0 Å². The minimum Gasteiger partial charge on any atom is -0.459 e. The number of hydrogen-bond donors (Lipinski definition) is 0. The van der Waals surface area contributed by atoms with Crippen LogP contribution in [0, 0.1) is 6.92 Å². The molecule has 1 aromatic carbocycles. The molecule has 1 fully saturated rings. The van der Waals surface area contributed by atoms with Gasteiger partial charge in [-0.05, 0) is 38.5 Å². The summed E-state index contributed by atoms with van der Waals surface area (Å²) in [4.78, 5) is 12.2. The van der Waals surface area contributed by atoms with Crippen molar-refractivity contribution in [2.24, 2.45) is 0 Å². The molecule has 0 spiro atoms. The van der Waals surface area contributed by atoms with Gasteiger partial charge >= 0.3 is 5.97 Å². The number of sulfonamides is 1. The van der Waals surface area contributed by atoms with Gasteiger partial charge in [-0.15, -0.1) is 0 Å². The summed E-state index contributed by atoms with van der Waals surface area (Å²) in [5.74, 6) is -0.508. The fourth-order valence-corrected chi connectivity index (χ4v) is 3.63. The molecule has 22 heavy (non-hydrogen) atoms. The van der Waals surface area contributed by atoms with Crippen LogP contribution in [0.1, 0.15) is 29.8 Å². The highest BCUT2D eigenvalue weighted by atomic mass is 32.2. The third-order valence-corrected chi connectivity index (χ3v) is 5.27. The maximum atomic E-state index is 12.6. The number of aryl methyl sites for hydroxylation is 1. The Morgan fingerprint density at radius 2 is 1.91 bits per heavy atom. The topological polar surface area (TPSA) is 72.9 Å². The van der Waals surface area contributed by atoms with Gasteiger partial charge in [-0.2, -0.15) is 4.31 Å². The molecule has 6 nitrogen and oxygen atoms in total. The zero-order valence-electron chi connectivity index (χ0n) is 13.0. The molecule has 122 valence electrons. The number of nitrogens with zero attached hydrogens (tertiary/aromatic N) is 1. The lowest BCUT2D eigenvalue weighted by molar-refractivity contribution is 0.0376. The number of carbonyl (C=O) groups excluding carboxylic acids is 1. The summed E-state index contributed by atoms with van der Waals surface area (Å²) in [6.45, 7) is 6.66. The fourth-order valence-electron chi connectivity index (χ4n) is 2.20. The standard InChI is InChI=1S/C15H21NO5S/c1-11(2)21-15(17)14-10-13(5-4-12(14)3)22(18,19)16-6-8-20-9-7-16/h4-5,10-11H,6-9H2,1-3H3. The number of benzene rings is 1. The average Bonchev–Trinajstić information content (AvgIpc) is 2.47. The third kappa shape index (κ3) is 3.66. The van der Waals surface area contributed by atoms with E-state index in [0.717, 1.165) is 0 Å². The van der Waals surface area contributed by atoms with Crippen molar-refractivity contribution in [3.63, 3.8) is 0 Å². The van der Waals surface area contributed by atoms with E-state index in [0.29, 0.717) is 31.9 Å². The highest BCUT2D eigenvalue weighted by Crippen LogP contribution is 2.21. The Kier molecular flexibility index (Phi) is 5.20. The molecule has 0 N–H and O–H groups in total. The van der Waals surface area contributed by atoms with Crippen LogP contribution in [0.2, 0.25) is 0 Å². The first-order valence-electron chi connectivity index (χ1n) is 7.22. The summed E-state index contributed by atoms with van der Waals surface area (Å²) in [5, 5.41) is 0. The van der Waals surface area contributed by atoms with E-state index in [4.69, 9.17) is 9.47 Å². The molecule has 0 amide bonds. The molecule has 1 saturated heterocycles. The molecule has 1 aliphatic rings. The Morgan fingerprint density at radius 3 is 2.50 bits per heavy atom. The molecule has 2 rings (SSSR count). The SMILES string of the molecule is Cc1ccc(S(=O)(=O)N2CCOCC2)cc1C(=O)OC(C)C. The Hall–Kier alpha value is -1.44. The van der Waals surface area contributed by atoms with E-state index in [1.54, 1.807) is 26.8 Å². The minimum atomic E-state index is -3.62. The number of hydrogen-bond acceptors (Lipinski definition) is 5. The first kappa shape index (κ1) is 16.9. The third-order valence-electron chi connectivity index (χ3n) is 3.38. The van der Waals surface area contributed by atoms with E-state index < -0.39 is 16.0 Å². The van der Waals surface area contributed by atoms with Gasteiger partial charge in [-0.3, -0.25) is 0 Å². The molecule has 0 bridgehead atoms. The molecule has 0 unspecified atom stereocenters. The van der Waals surface area contributed by atoms with Crippen LogP contribution in [-0.4, -0.2) is 51.1 Å². The number of ether oxygens (including phenoxy) is 2. The summed E-state index contributed by atoms with van der Waals surface area (Å²) in [6.07, 6.45) is -0.258. The molecule has 7 heteroatoms. The van der Waals surface area contributed by atoms with Crippen molar-refractivity contribution in [2.75, 3.05) is 26.3 Å². The summed E-state index contributed by atoms with van der Waals surface area (Å²) in [6, 6.07) is 4.54.